The standard InChI is InChI=1S/C10H12Cl2N4O2/c1-10(2,3)18-9(17)16-15-4-6-7(11)13-5-14-8(6)12/h4-5H,1-3H3,(H,16,17)/b15-4+. The summed E-state index contributed by atoms with van der Waals surface area (Å²) in [5.41, 5.74) is 1.90. The van der Waals surface area contributed by atoms with Gasteiger partial charge in [-0.2, -0.15) is 5.10 Å². The molecule has 0 aliphatic rings. The number of hydrazone groups is 1. The molecule has 1 aromatic heterocycles. The quantitative estimate of drug-likeness (QED) is 0.516. The van der Waals surface area contributed by atoms with Crippen molar-refractivity contribution in [2.24, 2.45) is 5.10 Å². The molecule has 18 heavy (non-hydrogen) atoms. The summed E-state index contributed by atoms with van der Waals surface area (Å²) in [6.07, 6.45) is 1.79. The summed E-state index contributed by atoms with van der Waals surface area (Å²) in [6, 6.07) is 0. The molecule has 1 N–H and O–H groups in total. The molecule has 0 atom stereocenters. The molecule has 1 amide bonds. The Bertz CT molecular complexity index is 451. The Balaban J connectivity index is 2.63. The average Bonchev–Trinajstić information content (AvgIpc) is 2.19. The highest BCUT2D eigenvalue weighted by Gasteiger charge is 2.15. The zero-order chi connectivity index (χ0) is 13.8. The number of halogens is 2. The van der Waals surface area contributed by atoms with Crippen LogP contribution in [0.1, 0.15) is 26.3 Å². The van der Waals surface area contributed by atoms with Crippen LogP contribution < -0.4 is 5.43 Å². The van der Waals surface area contributed by atoms with Crippen LogP contribution in [0.15, 0.2) is 11.4 Å². The molecule has 0 fully saturated rings. The van der Waals surface area contributed by atoms with Crippen LogP contribution in [0, 0.1) is 0 Å². The molecule has 0 spiro atoms. The van der Waals surface area contributed by atoms with E-state index in [1.807, 2.05) is 0 Å². The number of carbonyl (C=O) groups excluding carboxylic acids is 1. The first kappa shape index (κ1) is 14.7. The maximum absolute atomic E-state index is 11.3. The van der Waals surface area contributed by atoms with E-state index in [9.17, 15) is 4.79 Å². The first-order valence-electron chi connectivity index (χ1n) is 4.97. The van der Waals surface area contributed by atoms with Gasteiger partial charge in [-0.1, -0.05) is 23.2 Å². The largest absolute Gasteiger partial charge is 0.443 e. The molecule has 8 heteroatoms. The number of ether oxygens (including phenoxy) is 1. The molecule has 0 unspecified atom stereocenters. The second-order valence-electron chi connectivity index (χ2n) is 4.24. The third kappa shape index (κ3) is 4.85. The molecule has 98 valence electrons. The number of rotatable bonds is 2. The van der Waals surface area contributed by atoms with Gasteiger partial charge in [-0.15, -0.1) is 0 Å². The van der Waals surface area contributed by atoms with Crippen LogP contribution in [0.25, 0.3) is 0 Å². The Morgan fingerprint density at radius 2 is 1.94 bits per heavy atom. The van der Waals surface area contributed by atoms with Crippen molar-refractivity contribution in [1.29, 1.82) is 0 Å². The van der Waals surface area contributed by atoms with Gasteiger partial charge in [-0.25, -0.2) is 20.2 Å². The van der Waals surface area contributed by atoms with Crippen molar-refractivity contribution in [2.75, 3.05) is 0 Å². The molecule has 0 saturated heterocycles. The molecule has 1 aromatic rings. The van der Waals surface area contributed by atoms with Crippen LogP contribution in [0.5, 0.6) is 0 Å². The van der Waals surface area contributed by atoms with Crippen LogP contribution in [0.2, 0.25) is 10.3 Å². The molecule has 0 aliphatic carbocycles. The van der Waals surface area contributed by atoms with E-state index in [1.165, 1.54) is 12.5 Å². The Morgan fingerprint density at radius 3 is 2.44 bits per heavy atom. The number of carbonyl (C=O) groups is 1. The van der Waals surface area contributed by atoms with E-state index in [-0.39, 0.29) is 10.3 Å². The predicted octanol–water partition coefficient (Wildman–Crippen LogP) is 2.64. The Morgan fingerprint density at radius 1 is 1.39 bits per heavy atom. The van der Waals surface area contributed by atoms with Crippen molar-refractivity contribution in [3.05, 3.63) is 22.2 Å². The molecule has 1 rings (SSSR count). The van der Waals surface area contributed by atoms with Gasteiger partial charge in [0.2, 0.25) is 0 Å². The van der Waals surface area contributed by atoms with Gasteiger partial charge in [-0.05, 0) is 20.8 Å². The minimum Gasteiger partial charge on any atom is -0.443 e. The molecule has 0 radical (unpaired) electrons. The van der Waals surface area contributed by atoms with E-state index < -0.39 is 11.7 Å². The molecule has 0 bridgehead atoms. The summed E-state index contributed by atoms with van der Waals surface area (Å²) in [6.45, 7) is 5.24. The van der Waals surface area contributed by atoms with E-state index in [1.54, 1.807) is 20.8 Å². The van der Waals surface area contributed by atoms with E-state index in [0.717, 1.165) is 0 Å². The molecule has 0 aromatic carbocycles. The van der Waals surface area contributed by atoms with Crippen LogP contribution >= 0.6 is 23.2 Å². The van der Waals surface area contributed by atoms with Gasteiger partial charge in [-0.3, -0.25) is 0 Å². The molecular formula is C10H12Cl2N4O2. The lowest BCUT2D eigenvalue weighted by molar-refractivity contribution is 0.0529. The molecule has 0 saturated carbocycles. The Hall–Kier alpha value is -1.40. The predicted molar refractivity (Wildman–Crippen MR) is 69.0 cm³/mol. The third-order valence-corrected chi connectivity index (χ3v) is 2.14. The first-order valence-corrected chi connectivity index (χ1v) is 5.73. The zero-order valence-electron chi connectivity index (χ0n) is 10.1. The highest BCUT2D eigenvalue weighted by Crippen LogP contribution is 2.16. The number of hydrogen-bond acceptors (Lipinski definition) is 5. The van der Waals surface area contributed by atoms with Crippen molar-refractivity contribution in [3.8, 4) is 0 Å². The molecular weight excluding hydrogens is 279 g/mol. The lowest BCUT2D eigenvalue weighted by Gasteiger charge is -2.18. The van der Waals surface area contributed by atoms with E-state index in [2.05, 4.69) is 20.5 Å². The van der Waals surface area contributed by atoms with Crippen molar-refractivity contribution < 1.29 is 9.53 Å². The minimum atomic E-state index is -0.678. The van der Waals surface area contributed by atoms with E-state index >= 15 is 0 Å². The Labute approximate surface area is 114 Å². The van der Waals surface area contributed by atoms with Gasteiger partial charge < -0.3 is 4.74 Å². The van der Waals surface area contributed by atoms with Crippen LogP contribution in [-0.4, -0.2) is 27.9 Å². The van der Waals surface area contributed by atoms with Gasteiger partial charge in [0.05, 0.1) is 11.8 Å². The van der Waals surface area contributed by atoms with Gasteiger partial charge >= 0.3 is 6.09 Å². The lowest BCUT2D eigenvalue weighted by atomic mass is 10.2. The normalized spacial score (nSPS) is 11.6. The smallest absolute Gasteiger partial charge is 0.428 e. The topological polar surface area (TPSA) is 76.5 Å². The summed E-state index contributed by atoms with van der Waals surface area (Å²) >= 11 is 11.6. The fourth-order valence-electron chi connectivity index (χ4n) is 0.911. The number of nitrogens with zero attached hydrogens (tertiary/aromatic N) is 3. The summed E-state index contributed by atoms with van der Waals surface area (Å²) < 4.78 is 4.98. The second kappa shape index (κ2) is 5.97. The maximum Gasteiger partial charge on any atom is 0.428 e. The molecule has 1 heterocycles. The van der Waals surface area contributed by atoms with E-state index in [4.69, 9.17) is 27.9 Å². The van der Waals surface area contributed by atoms with Crippen molar-refractivity contribution >= 4 is 35.5 Å². The lowest BCUT2D eigenvalue weighted by Crippen LogP contribution is -2.29. The summed E-state index contributed by atoms with van der Waals surface area (Å²) in [5, 5.41) is 3.94. The maximum atomic E-state index is 11.3. The Kier molecular flexibility index (Phi) is 4.86. The average molecular weight is 291 g/mol. The van der Waals surface area contributed by atoms with Gasteiger partial charge in [0.25, 0.3) is 0 Å². The van der Waals surface area contributed by atoms with Gasteiger partial charge in [0.15, 0.2) is 0 Å². The van der Waals surface area contributed by atoms with Crippen molar-refractivity contribution in [2.45, 2.75) is 26.4 Å². The fourth-order valence-corrected chi connectivity index (χ4v) is 1.32. The summed E-state index contributed by atoms with van der Waals surface area (Å²) in [5.74, 6) is 0. The summed E-state index contributed by atoms with van der Waals surface area (Å²) in [4.78, 5) is 18.7. The van der Waals surface area contributed by atoms with Gasteiger partial charge in [0, 0.05) is 0 Å². The van der Waals surface area contributed by atoms with Crippen molar-refractivity contribution in [1.82, 2.24) is 15.4 Å². The molecule has 0 aliphatic heterocycles. The number of nitrogens with one attached hydrogen (secondary N) is 1. The first-order chi connectivity index (χ1) is 8.29. The van der Waals surface area contributed by atoms with Crippen LogP contribution in [0.3, 0.4) is 0 Å². The van der Waals surface area contributed by atoms with Gasteiger partial charge in [0.1, 0.15) is 22.2 Å². The van der Waals surface area contributed by atoms with Crippen LogP contribution in [-0.2, 0) is 4.74 Å². The highest BCUT2D eigenvalue weighted by atomic mass is 35.5. The highest BCUT2D eigenvalue weighted by molar-refractivity contribution is 6.37. The summed E-state index contributed by atoms with van der Waals surface area (Å²) in [7, 11) is 0. The minimum absolute atomic E-state index is 0.143. The second-order valence-corrected chi connectivity index (χ2v) is 4.96. The molecule has 6 nitrogen and oxygen atoms in total. The number of amides is 1. The van der Waals surface area contributed by atoms with Crippen LogP contribution in [0.4, 0.5) is 4.79 Å². The third-order valence-electron chi connectivity index (χ3n) is 1.54. The van der Waals surface area contributed by atoms with Crippen molar-refractivity contribution in [3.63, 3.8) is 0 Å². The monoisotopic (exact) mass is 290 g/mol. The SMILES string of the molecule is CC(C)(C)OC(=O)N/N=C/c1c(Cl)ncnc1Cl. The van der Waals surface area contributed by atoms with E-state index in [0.29, 0.717) is 5.56 Å². The number of hydrogen-bond donors (Lipinski definition) is 1. The number of aromatic nitrogens is 2. The fraction of sp³-hybridized carbons (Fsp3) is 0.400. The zero-order valence-corrected chi connectivity index (χ0v) is 11.6.